The lowest BCUT2D eigenvalue weighted by Crippen LogP contribution is -2.34. The second kappa shape index (κ2) is 5.85. The van der Waals surface area contributed by atoms with E-state index in [1.165, 1.54) is 7.11 Å². The van der Waals surface area contributed by atoms with Gasteiger partial charge in [-0.3, -0.25) is 0 Å². The van der Waals surface area contributed by atoms with Crippen molar-refractivity contribution in [3.8, 4) is 0 Å². The maximum atomic E-state index is 11.5. The predicted molar refractivity (Wildman–Crippen MR) is 59.5 cm³/mol. The first-order valence-corrected chi connectivity index (χ1v) is 5.15. The van der Waals surface area contributed by atoms with Crippen LogP contribution in [0.25, 0.3) is 0 Å². The Hall–Kier alpha value is -0.910. The number of alkyl halides is 1. The summed E-state index contributed by atoms with van der Waals surface area (Å²) in [6.45, 7) is 5.27. The summed E-state index contributed by atoms with van der Waals surface area (Å²) >= 11 is 3.23. The average molecular weight is 280 g/mol. The molecule has 0 atom stereocenters. The van der Waals surface area contributed by atoms with Crippen LogP contribution >= 0.6 is 15.9 Å². The fourth-order valence-electron chi connectivity index (χ4n) is 0.758. The zero-order valence-electron chi connectivity index (χ0n) is 9.17. The number of carbonyl (C=O) groups is 2. The van der Waals surface area contributed by atoms with Crippen molar-refractivity contribution in [1.82, 2.24) is 0 Å². The van der Waals surface area contributed by atoms with Crippen LogP contribution in [0.3, 0.4) is 0 Å². The lowest BCUT2D eigenvalue weighted by Gasteiger charge is -2.17. The fourth-order valence-corrected chi connectivity index (χ4v) is 1.01. The number of hydrogen-bond acceptors (Lipinski definition) is 4. The standard InChI is InChI=1S/C9H14BrNO4/c1-5-15-7(12)6(9(2,3)10)11-8(13)14-4/h5H2,1-4H3/b11-6+. The van der Waals surface area contributed by atoms with Gasteiger partial charge in [0, 0.05) is 0 Å². The highest BCUT2D eigenvalue weighted by Crippen LogP contribution is 2.19. The number of rotatable bonds is 3. The Balaban J connectivity index is 4.99. The molecule has 86 valence electrons. The van der Waals surface area contributed by atoms with E-state index in [1.54, 1.807) is 20.8 Å². The van der Waals surface area contributed by atoms with E-state index < -0.39 is 16.4 Å². The molecule has 0 aliphatic rings. The summed E-state index contributed by atoms with van der Waals surface area (Å²) in [4.78, 5) is 25.9. The van der Waals surface area contributed by atoms with Crippen molar-refractivity contribution in [2.24, 2.45) is 4.99 Å². The number of esters is 1. The summed E-state index contributed by atoms with van der Waals surface area (Å²) < 4.78 is 8.37. The number of carbonyl (C=O) groups excluding carboxylic acids is 2. The Kier molecular flexibility index (Phi) is 5.49. The molecule has 0 aliphatic carbocycles. The summed E-state index contributed by atoms with van der Waals surface area (Å²) in [5.74, 6) is -0.634. The minimum atomic E-state index is -0.828. The van der Waals surface area contributed by atoms with Crippen LogP contribution in [-0.4, -0.2) is 35.8 Å². The third-order valence-electron chi connectivity index (χ3n) is 1.41. The highest BCUT2D eigenvalue weighted by atomic mass is 79.9. The van der Waals surface area contributed by atoms with Crippen molar-refractivity contribution in [3.63, 3.8) is 0 Å². The maximum absolute atomic E-state index is 11.5. The molecule has 0 radical (unpaired) electrons. The summed E-state index contributed by atoms with van der Waals surface area (Å²) in [5.41, 5.74) is -0.0174. The topological polar surface area (TPSA) is 65.0 Å². The van der Waals surface area contributed by atoms with Crippen LogP contribution in [0.15, 0.2) is 4.99 Å². The van der Waals surface area contributed by atoms with E-state index in [0.717, 1.165) is 0 Å². The molecule has 0 heterocycles. The third-order valence-corrected chi connectivity index (χ3v) is 1.79. The Morgan fingerprint density at radius 3 is 2.27 bits per heavy atom. The molecule has 0 spiro atoms. The van der Waals surface area contributed by atoms with Gasteiger partial charge in [0.25, 0.3) is 0 Å². The van der Waals surface area contributed by atoms with E-state index in [9.17, 15) is 9.59 Å². The number of amides is 1. The first-order chi connectivity index (χ1) is 6.82. The molecular formula is C9H14BrNO4. The number of aliphatic imine (C=N–C) groups is 1. The lowest BCUT2D eigenvalue weighted by atomic mass is 10.1. The van der Waals surface area contributed by atoms with E-state index >= 15 is 0 Å². The molecule has 0 aromatic carbocycles. The van der Waals surface area contributed by atoms with Crippen LogP contribution in [0.2, 0.25) is 0 Å². The molecule has 6 heteroatoms. The molecule has 0 aromatic rings. The highest BCUT2D eigenvalue weighted by Gasteiger charge is 2.30. The van der Waals surface area contributed by atoms with Crippen molar-refractivity contribution < 1.29 is 19.1 Å². The Morgan fingerprint density at radius 1 is 1.40 bits per heavy atom. The number of hydrogen-bond donors (Lipinski definition) is 0. The van der Waals surface area contributed by atoms with E-state index in [2.05, 4.69) is 25.7 Å². The van der Waals surface area contributed by atoms with Crippen molar-refractivity contribution in [2.45, 2.75) is 25.1 Å². The molecule has 0 saturated carbocycles. The molecule has 0 unspecified atom stereocenters. The number of ether oxygens (including phenoxy) is 2. The molecule has 0 bridgehead atoms. The molecule has 0 aromatic heterocycles. The summed E-state index contributed by atoms with van der Waals surface area (Å²) in [7, 11) is 1.19. The second-order valence-corrected chi connectivity index (χ2v) is 5.11. The molecule has 1 amide bonds. The van der Waals surface area contributed by atoms with E-state index in [-0.39, 0.29) is 12.3 Å². The van der Waals surface area contributed by atoms with Crippen LogP contribution in [0.4, 0.5) is 4.79 Å². The van der Waals surface area contributed by atoms with Crippen molar-refractivity contribution >= 4 is 33.7 Å². The van der Waals surface area contributed by atoms with Gasteiger partial charge in [-0.15, -0.1) is 0 Å². The van der Waals surface area contributed by atoms with Gasteiger partial charge in [0.2, 0.25) is 0 Å². The van der Waals surface area contributed by atoms with Crippen LogP contribution in [0.1, 0.15) is 20.8 Å². The Labute approximate surface area is 97.0 Å². The number of nitrogens with zero attached hydrogens (tertiary/aromatic N) is 1. The first-order valence-electron chi connectivity index (χ1n) is 4.36. The van der Waals surface area contributed by atoms with Gasteiger partial charge in [-0.05, 0) is 20.8 Å². The molecule has 15 heavy (non-hydrogen) atoms. The third kappa shape index (κ3) is 4.92. The van der Waals surface area contributed by atoms with Gasteiger partial charge in [0.1, 0.15) is 5.71 Å². The molecule has 0 rings (SSSR count). The summed E-state index contributed by atoms with van der Waals surface area (Å²) in [6.07, 6.45) is -0.828. The maximum Gasteiger partial charge on any atom is 0.433 e. The predicted octanol–water partition coefficient (Wildman–Crippen LogP) is 1.93. The average Bonchev–Trinajstić information content (AvgIpc) is 2.12. The van der Waals surface area contributed by atoms with Gasteiger partial charge < -0.3 is 9.47 Å². The molecule has 5 nitrogen and oxygen atoms in total. The van der Waals surface area contributed by atoms with Gasteiger partial charge in [-0.1, -0.05) is 15.9 Å². The van der Waals surface area contributed by atoms with Crippen LogP contribution in [0.5, 0.6) is 0 Å². The van der Waals surface area contributed by atoms with Gasteiger partial charge in [-0.25, -0.2) is 9.59 Å². The largest absolute Gasteiger partial charge is 0.461 e. The van der Waals surface area contributed by atoms with Crippen LogP contribution in [0, 0.1) is 0 Å². The van der Waals surface area contributed by atoms with Crippen LogP contribution in [-0.2, 0) is 14.3 Å². The molecule has 0 saturated heterocycles. The first kappa shape index (κ1) is 14.1. The molecular weight excluding hydrogens is 266 g/mol. The zero-order valence-corrected chi connectivity index (χ0v) is 10.8. The van der Waals surface area contributed by atoms with E-state index in [0.29, 0.717) is 0 Å². The quantitative estimate of drug-likeness (QED) is 0.450. The smallest absolute Gasteiger partial charge is 0.433 e. The lowest BCUT2D eigenvalue weighted by molar-refractivity contribution is -0.135. The van der Waals surface area contributed by atoms with E-state index in [1.807, 2.05) is 0 Å². The fraction of sp³-hybridized carbons (Fsp3) is 0.667. The highest BCUT2D eigenvalue weighted by molar-refractivity contribution is 9.10. The van der Waals surface area contributed by atoms with E-state index in [4.69, 9.17) is 4.74 Å². The van der Waals surface area contributed by atoms with Crippen molar-refractivity contribution in [1.29, 1.82) is 0 Å². The minimum Gasteiger partial charge on any atom is -0.461 e. The Morgan fingerprint density at radius 2 is 1.93 bits per heavy atom. The van der Waals surface area contributed by atoms with Gasteiger partial charge in [0.15, 0.2) is 0 Å². The van der Waals surface area contributed by atoms with Gasteiger partial charge in [0.05, 0.1) is 18.0 Å². The van der Waals surface area contributed by atoms with Crippen molar-refractivity contribution in [2.75, 3.05) is 13.7 Å². The zero-order chi connectivity index (χ0) is 12.1. The number of methoxy groups -OCH3 is 1. The summed E-state index contributed by atoms with van der Waals surface area (Å²) in [5, 5.41) is 0. The van der Waals surface area contributed by atoms with Crippen molar-refractivity contribution in [3.05, 3.63) is 0 Å². The minimum absolute atomic E-state index is 0.0174. The second-order valence-electron chi connectivity index (χ2n) is 3.12. The van der Waals surface area contributed by atoms with Crippen LogP contribution < -0.4 is 0 Å². The Bertz CT molecular complexity index is 280. The van der Waals surface area contributed by atoms with Gasteiger partial charge >= 0.3 is 12.1 Å². The van der Waals surface area contributed by atoms with Gasteiger partial charge in [-0.2, -0.15) is 4.99 Å². The molecule has 0 aliphatic heterocycles. The normalized spacial score (nSPS) is 12.2. The molecule has 0 fully saturated rings. The summed E-state index contributed by atoms with van der Waals surface area (Å²) in [6, 6.07) is 0. The molecule has 0 N–H and O–H groups in total. The number of halogens is 1. The SMILES string of the molecule is CCOC(=O)/C(=N\C(=O)OC)C(C)(C)Br. The monoisotopic (exact) mass is 279 g/mol.